The van der Waals surface area contributed by atoms with Gasteiger partial charge in [-0.15, -0.1) is 0 Å². The van der Waals surface area contributed by atoms with E-state index >= 15 is 0 Å². The Labute approximate surface area is 85.8 Å². The van der Waals surface area contributed by atoms with Crippen molar-refractivity contribution in [3.63, 3.8) is 0 Å². The molecular formula is C11H20N2O. The molecule has 1 aliphatic heterocycles. The molecule has 1 heterocycles. The SMILES string of the molecule is CCN1C(=O)C2(CC2)NC1CC(C)C. The lowest BCUT2D eigenvalue weighted by molar-refractivity contribution is -0.130. The molecule has 3 nitrogen and oxygen atoms in total. The first-order chi connectivity index (χ1) is 6.59. The van der Waals surface area contributed by atoms with Crippen molar-refractivity contribution in [2.75, 3.05) is 6.54 Å². The fraction of sp³-hybridized carbons (Fsp3) is 0.909. The summed E-state index contributed by atoms with van der Waals surface area (Å²) in [4.78, 5) is 14.0. The number of hydrogen-bond donors (Lipinski definition) is 1. The molecule has 0 aromatic heterocycles. The van der Waals surface area contributed by atoms with Gasteiger partial charge in [0.25, 0.3) is 0 Å². The van der Waals surface area contributed by atoms with Crippen molar-refractivity contribution < 1.29 is 4.79 Å². The van der Waals surface area contributed by atoms with E-state index in [1.807, 2.05) is 4.90 Å². The third-order valence-electron chi connectivity index (χ3n) is 3.27. The van der Waals surface area contributed by atoms with Crippen molar-refractivity contribution in [1.29, 1.82) is 0 Å². The number of amides is 1. The highest BCUT2D eigenvalue weighted by Crippen LogP contribution is 2.42. The van der Waals surface area contributed by atoms with Gasteiger partial charge in [-0.05, 0) is 32.1 Å². The van der Waals surface area contributed by atoms with E-state index in [2.05, 4.69) is 26.1 Å². The molecule has 1 saturated heterocycles. The van der Waals surface area contributed by atoms with E-state index in [0.29, 0.717) is 11.8 Å². The predicted molar refractivity (Wildman–Crippen MR) is 55.7 cm³/mol. The second kappa shape index (κ2) is 3.23. The van der Waals surface area contributed by atoms with Crippen LogP contribution in [-0.2, 0) is 4.79 Å². The maximum absolute atomic E-state index is 12.0. The molecule has 0 radical (unpaired) electrons. The first kappa shape index (κ1) is 9.97. The van der Waals surface area contributed by atoms with E-state index in [1.54, 1.807) is 0 Å². The average Bonchev–Trinajstić information content (AvgIpc) is 2.80. The molecular weight excluding hydrogens is 176 g/mol. The highest BCUT2D eigenvalue weighted by Gasteiger charge is 2.58. The molecule has 1 unspecified atom stereocenters. The maximum atomic E-state index is 12.0. The van der Waals surface area contributed by atoms with E-state index in [0.717, 1.165) is 25.8 Å². The molecule has 80 valence electrons. The van der Waals surface area contributed by atoms with Gasteiger partial charge in [0.2, 0.25) is 5.91 Å². The van der Waals surface area contributed by atoms with Crippen LogP contribution in [0.15, 0.2) is 0 Å². The van der Waals surface area contributed by atoms with Crippen molar-refractivity contribution in [1.82, 2.24) is 10.2 Å². The molecule has 0 aromatic rings. The van der Waals surface area contributed by atoms with E-state index in [-0.39, 0.29) is 11.7 Å². The van der Waals surface area contributed by atoms with Gasteiger partial charge in [-0.3, -0.25) is 10.1 Å². The Hall–Kier alpha value is -0.570. The minimum Gasteiger partial charge on any atom is -0.326 e. The Balaban J connectivity index is 2.07. The van der Waals surface area contributed by atoms with Crippen LogP contribution in [-0.4, -0.2) is 29.1 Å². The molecule has 2 fully saturated rings. The van der Waals surface area contributed by atoms with Crippen LogP contribution in [0, 0.1) is 5.92 Å². The number of carbonyl (C=O) groups excluding carboxylic acids is 1. The summed E-state index contributed by atoms with van der Waals surface area (Å²) in [6.07, 6.45) is 3.44. The molecule has 2 aliphatic rings. The number of likely N-dealkylation sites (N-methyl/N-ethyl adjacent to an activating group) is 1. The molecule has 1 aliphatic carbocycles. The topological polar surface area (TPSA) is 32.3 Å². The summed E-state index contributed by atoms with van der Waals surface area (Å²) < 4.78 is 0. The van der Waals surface area contributed by atoms with Crippen LogP contribution in [0.25, 0.3) is 0 Å². The van der Waals surface area contributed by atoms with Crippen molar-refractivity contribution in [2.45, 2.75) is 51.7 Å². The molecule has 3 heteroatoms. The van der Waals surface area contributed by atoms with E-state index in [9.17, 15) is 4.79 Å². The molecule has 1 amide bonds. The largest absolute Gasteiger partial charge is 0.326 e. The lowest BCUT2D eigenvalue weighted by Gasteiger charge is -2.23. The van der Waals surface area contributed by atoms with Gasteiger partial charge < -0.3 is 4.90 Å². The Morgan fingerprint density at radius 3 is 2.64 bits per heavy atom. The number of nitrogens with zero attached hydrogens (tertiary/aromatic N) is 1. The molecule has 1 N–H and O–H groups in total. The van der Waals surface area contributed by atoms with Crippen LogP contribution in [0.2, 0.25) is 0 Å². The lowest BCUT2D eigenvalue weighted by Crippen LogP contribution is -2.38. The number of nitrogens with one attached hydrogen (secondary N) is 1. The highest BCUT2D eigenvalue weighted by atomic mass is 16.2. The fourth-order valence-corrected chi connectivity index (χ4v) is 2.35. The first-order valence-corrected chi connectivity index (χ1v) is 5.68. The van der Waals surface area contributed by atoms with Crippen LogP contribution in [0.3, 0.4) is 0 Å². The molecule has 2 rings (SSSR count). The molecule has 0 bridgehead atoms. The van der Waals surface area contributed by atoms with E-state index in [1.165, 1.54) is 0 Å². The van der Waals surface area contributed by atoms with Crippen molar-refractivity contribution in [3.05, 3.63) is 0 Å². The summed E-state index contributed by atoms with van der Waals surface area (Å²) in [6.45, 7) is 7.31. The van der Waals surface area contributed by atoms with Gasteiger partial charge in [0.1, 0.15) is 0 Å². The first-order valence-electron chi connectivity index (χ1n) is 5.68. The lowest BCUT2D eigenvalue weighted by atomic mass is 10.1. The summed E-state index contributed by atoms with van der Waals surface area (Å²) in [7, 11) is 0. The van der Waals surface area contributed by atoms with E-state index in [4.69, 9.17) is 0 Å². The second-order valence-electron chi connectivity index (χ2n) is 4.96. The molecule has 0 aromatic carbocycles. The van der Waals surface area contributed by atoms with Gasteiger partial charge in [0.15, 0.2) is 0 Å². The Bertz CT molecular complexity index is 246. The summed E-state index contributed by atoms with van der Waals surface area (Å²) in [5.41, 5.74) is -0.129. The molecule has 1 spiro atoms. The average molecular weight is 196 g/mol. The summed E-state index contributed by atoms with van der Waals surface area (Å²) in [5.74, 6) is 0.980. The van der Waals surface area contributed by atoms with Crippen molar-refractivity contribution in [3.8, 4) is 0 Å². The minimum absolute atomic E-state index is 0.129. The van der Waals surface area contributed by atoms with Gasteiger partial charge in [-0.2, -0.15) is 0 Å². The van der Waals surface area contributed by atoms with Gasteiger partial charge in [-0.1, -0.05) is 13.8 Å². The number of hydrogen-bond acceptors (Lipinski definition) is 2. The fourth-order valence-electron chi connectivity index (χ4n) is 2.35. The van der Waals surface area contributed by atoms with Crippen molar-refractivity contribution in [2.24, 2.45) is 5.92 Å². The van der Waals surface area contributed by atoms with Gasteiger partial charge in [0.05, 0.1) is 11.7 Å². The van der Waals surface area contributed by atoms with Gasteiger partial charge >= 0.3 is 0 Å². The van der Waals surface area contributed by atoms with Gasteiger partial charge in [0, 0.05) is 6.54 Å². The van der Waals surface area contributed by atoms with Crippen LogP contribution in [0.4, 0.5) is 0 Å². The third-order valence-corrected chi connectivity index (χ3v) is 3.27. The smallest absolute Gasteiger partial charge is 0.244 e. The predicted octanol–water partition coefficient (Wildman–Crippen LogP) is 1.34. The maximum Gasteiger partial charge on any atom is 0.244 e. The van der Waals surface area contributed by atoms with E-state index < -0.39 is 0 Å². The van der Waals surface area contributed by atoms with Gasteiger partial charge in [-0.25, -0.2) is 0 Å². The second-order valence-corrected chi connectivity index (χ2v) is 4.96. The molecule has 1 atom stereocenters. The highest BCUT2D eigenvalue weighted by molar-refractivity contribution is 5.91. The zero-order valence-corrected chi connectivity index (χ0v) is 9.34. The van der Waals surface area contributed by atoms with Crippen LogP contribution in [0.1, 0.15) is 40.0 Å². The standard InChI is InChI=1S/C11H20N2O/c1-4-13-9(7-8(2)3)12-11(5-6-11)10(13)14/h8-9,12H,4-7H2,1-3H3. The number of rotatable bonds is 3. The normalized spacial score (nSPS) is 29.3. The summed E-state index contributed by atoms with van der Waals surface area (Å²) >= 11 is 0. The van der Waals surface area contributed by atoms with Crippen LogP contribution in [0.5, 0.6) is 0 Å². The Morgan fingerprint density at radius 2 is 2.21 bits per heavy atom. The Morgan fingerprint density at radius 1 is 1.57 bits per heavy atom. The zero-order valence-electron chi connectivity index (χ0n) is 9.34. The molecule has 1 saturated carbocycles. The monoisotopic (exact) mass is 196 g/mol. The third kappa shape index (κ3) is 1.44. The zero-order chi connectivity index (χ0) is 10.3. The number of carbonyl (C=O) groups is 1. The minimum atomic E-state index is -0.129. The van der Waals surface area contributed by atoms with Crippen LogP contribution < -0.4 is 5.32 Å². The summed E-state index contributed by atoms with van der Waals surface area (Å²) in [5, 5.41) is 3.50. The Kier molecular flexibility index (Phi) is 2.30. The molecule has 14 heavy (non-hydrogen) atoms. The van der Waals surface area contributed by atoms with Crippen LogP contribution >= 0.6 is 0 Å². The quantitative estimate of drug-likeness (QED) is 0.739. The van der Waals surface area contributed by atoms with Crippen molar-refractivity contribution >= 4 is 5.91 Å². The summed E-state index contributed by atoms with van der Waals surface area (Å²) in [6, 6.07) is 0.